The van der Waals surface area contributed by atoms with Crippen LogP contribution in [0.1, 0.15) is 11.1 Å². The first kappa shape index (κ1) is 21.6. The van der Waals surface area contributed by atoms with E-state index in [1.165, 1.54) is 40.6 Å². The maximum Gasteiger partial charge on any atom is 0.338 e. The molecule has 0 radical (unpaired) electrons. The molecule has 0 heterocycles. The minimum Gasteiger partial charge on any atom is -0.493 e. The number of methoxy groups -OCH3 is 4. The first-order valence-electron chi connectivity index (χ1n) is 8.56. The first-order chi connectivity index (χ1) is 14.0. The van der Waals surface area contributed by atoms with Gasteiger partial charge in [0.15, 0.2) is 23.0 Å². The van der Waals surface area contributed by atoms with E-state index in [4.69, 9.17) is 23.7 Å². The Bertz CT molecular complexity index is 853. The number of carbonyl (C=O) groups is 2. The van der Waals surface area contributed by atoms with Crippen LogP contribution < -0.4 is 18.9 Å². The Kier molecular flexibility index (Phi) is 7.85. The van der Waals surface area contributed by atoms with Gasteiger partial charge < -0.3 is 23.7 Å². The Labute approximate surface area is 169 Å². The van der Waals surface area contributed by atoms with E-state index in [9.17, 15) is 9.59 Å². The molecule has 7 nitrogen and oxygen atoms in total. The van der Waals surface area contributed by atoms with E-state index in [-0.39, 0.29) is 0 Å². The predicted molar refractivity (Wildman–Crippen MR) is 108 cm³/mol. The summed E-state index contributed by atoms with van der Waals surface area (Å²) in [5.74, 6) is 0.614. The van der Waals surface area contributed by atoms with E-state index in [0.29, 0.717) is 34.1 Å². The normalized spacial score (nSPS) is 10.8. The summed E-state index contributed by atoms with van der Waals surface area (Å²) < 4.78 is 25.4. The van der Waals surface area contributed by atoms with E-state index < -0.39 is 11.9 Å². The highest BCUT2D eigenvalue weighted by molar-refractivity contribution is 5.99. The summed E-state index contributed by atoms with van der Waals surface area (Å²) in [7, 11) is 6.10. The molecule has 0 saturated heterocycles. The van der Waals surface area contributed by atoms with E-state index in [1.54, 1.807) is 36.4 Å². The van der Waals surface area contributed by atoms with Gasteiger partial charge in [-0.3, -0.25) is 0 Å². The fraction of sp³-hybridized carbons (Fsp3) is 0.182. The average molecular weight is 398 g/mol. The van der Waals surface area contributed by atoms with Gasteiger partial charge in [-0.05, 0) is 47.5 Å². The van der Waals surface area contributed by atoms with Crippen LogP contribution in [0.4, 0.5) is 0 Å². The van der Waals surface area contributed by atoms with Gasteiger partial charge >= 0.3 is 11.9 Å². The molecule has 0 aliphatic carbocycles. The lowest BCUT2D eigenvalue weighted by Gasteiger charge is -2.07. The zero-order chi connectivity index (χ0) is 21.2. The molecule has 0 saturated carbocycles. The summed E-state index contributed by atoms with van der Waals surface area (Å²) in [6.07, 6.45) is 5.33. The van der Waals surface area contributed by atoms with Crippen LogP contribution in [-0.2, 0) is 14.3 Å². The summed E-state index contributed by atoms with van der Waals surface area (Å²) in [5, 5.41) is 0. The molecule has 2 aromatic carbocycles. The van der Waals surface area contributed by atoms with Crippen molar-refractivity contribution in [3.63, 3.8) is 0 Å². The Balaban J connectivity index is 1.97. The molecule has 0 amide bonds. The third-order valence-corrected chi connectivity index (χ3v) is 3.84. The van der Waals surface area contributed by atoms with Gasteiger partial charge in [-0.15, -0.1) is 0 Å². The van der Waals surface area contributed by atoms with Crippen molar-refractivity contribution >= 4 is 24.1 Å². The second kappa shape index (κ2) is 10.6. The molecule has 2 rings (SSSR count). The van der Waals surface area contributed by atoms with Crippen molar-refractivity contribution in [2.45, 2.75) is 0 Å². The fourth-order valence-corrected chi connectivity index (χ4v) is 2.41. The number of ether oxygens (including phenoxy) is 5. The van der Waals surface area contributed by atoms with Crippen molar-refractivity contribution in [3.8, 4) is 23.0 Å². The highest BCUT2D eigenvalue weighted by atomic mass is 16.6. The van der Waals surface area contributed by atoms with Gasteiger partial charge in [-0.1, -0.05) is 12.1 Å². The van der Waals surface area contributed by atoms with Gasteiger partial charge in [0.2, 0.25) is 0 Å². The van der Waals surface area contributed by atoms with Crippen LogP contribution >= 0.6 is 0 Å². The Morgan fingerprint density at radius 3 is 1.34 bits per heavy atom. The molecular weight excluding hydrogens is 376 g/mol. The first-order valence-corrected chi connectivity index (χ1v) is 8.56. The van der Waals surface area contributed by atoms with Crippen LogP contribution in [0.2, 0.25) is 0 Å². The third kappa shape index (κ3) is 6.14. The van der Waals surface area contributed by atoms with Crippen LogP contribution in [0.15, 0.2) is 48.6 Å². The number of hydrogen-bond donors (Lipinski definition) is 0. The number of benzene rings is 2. The topological polar surface area (TPSA) is 80.3 Å². The van der Waals surface area contributed by atoms with Crippen LogP contribution in [0.5, 0.6) is 23.0 Å². The second-order valence-corrected chi connectivity index (χ2v) is 5.64. The number of hydrogen-bond acceptors (Lipinski definition) is 7. The highest BCUT2D eigenvalue weighted by Gasteiger charge is 2.07. The summed E-state index contributed by atoms with van der Waals surface area (Å²) >= 11 is 0. The molecule has 0 fully saturated rings. The standard InChI is InChI=1S/C22H22O7/c1-25-17-9-5-15(13-19(17)27-3)7-11-21(23)29-22(24)12-8-16-6-10-18(26-2)20(14-16)28-4/h5-14H,1-4H3. The lowest BCUT2D eigenvalue weighted by molar-refractivity contribution is -0.152. The molecule has 0 unspecified atom stereocenters. The minimum absolute atomic E-state index is 0.525. The van der Waals surface area contributed by atoms with E-state index in [1.807, 2.05) is 0 Å². The van der Waals surface area contributed by atoms with Gasteiger partial charge in [0.05, 0.1) is 28.4 Å². The van der Waals surface area contributed by atoms with Gasteiger partial charge in [0.25, 0.3) is 0 Å². The summed E-state index contributed by atoms with van der Waals surface area (Å²) in [6.45, 7) is 0. The Morgan fingerprint density at radius 2 is 1.00 bits per heavy atom. The average Bonchev–Trinajstić information content (AvgIpc) is 2.75. The van der Waals surface area contributed by atoms with E-state index >= 15 is 0 Å². The van der Waals surface area contributed by atoms with Crippen LogP contribution in [0, 0.1) is 0 Å². The third-order valence-electron chi connectivity index (χ3n) is 3.84. The summed E-state index contributed by atoms with van der Waals surface area (Å²) in [5.41, 5.74) is 1.38. The molecule has 0 N–H and O–H groups in total. The largest absolute Gasteiger partial charge is 0.493 e. The molecule has 152 valence electrons. The molecule has 0 aromatic heterocycles. The van der Waals surface area contributed by atoms with Crippen molar-refractivity contribution in [1.82, 2.24) is 0 Å². The highest BCUT2D eigenvalue weighted by Crippen LogP contribution is 2.28. The molecule has 7 heteroatoms. The van der Waals surface area contributed by atoms with Crippen LogP contribution in [0.25, 0.3) is 12.2 Å². The lowest BCUT2D eigenvalue weighted by Crippen LogP contribution is -2.06. The van der Waals surface area contributed by atoms with E-state index in [0.717, 1.165) is 12.2 Å². The zero-order valence-corrected chi connectivity index (χ0v) is 16.6. The molecule has 0 atom stereocenters. The molecule has 2 aromatic rings. The van der Waals surface area contributed by atoms with Crippen molar-refractivity contribution in [2.75, 3.05) is 28.4 Å². The molecule has 0 spiro atoms. The lowest BCUT2D eigenvalue weighted by atomic mass is 10.2. The van der Waals surface area contributed by atoms with E-state index in [2.05, 4.69) is 0 Å². The summed E-state index contributed by atoms with van der Waals surface area (Å²) in [6, 6.07) is 10.3. The van der Waals surface area contributed by atoms with Gasteiger partial charge in [0.1, 0.15) is 0 Å². The molecule has 0 aliphatic heterocycles. The number of esters is 2. The van der Waals surface area contributed by atoms with Crippen molar-refractivity contribution in [2.24, 2.45) is 0 Å². The minimum atomic E-state index is -0.790. The maximum atomic E-state index is 11.8. The monoisotopic (exact) mass is 398 g/mol. The molecular formula is C22H22O7. The van der Waals surface area contributed by atoms with Crippen molar-refractivity contribution in [3.05, 3.63) is 59.7 Å². The molecule has 29 heavy (non-hydrogen) atoms. The smallest absolute Gasteiger partial charge is 0.338 e. The number of carbonyl (C=O) groups excluding carboxylic acids is 2. The van der Waals surface area contributed by atoms with Crippen LogP contribution in [0.3, 0.4) is 0 Å². The van der Waals surface area contributed by atoms with Gasteiger partial charge in [-0.25, -0.2) is 9.59 Å². The number of rotatable bonds is 8. The Morgan fingerprint density at radius 1 is 0.621 bits per heavy atom. The van der Waals surface area contributed by atoms with Crippen molar-refractivity contribution < 1.29 is 33.3 Å². The van der Waals surface area contributed by atoms with Crippen LogP contribution in [-0.4, -0.2) is 40.4 Å². The maximum absolute atomic E-state index is 11.8. The second-order valence-electron chi connectivity index (χ2n) is 5.64. The Hall–Kier alpha value is -3.74. The van der Waals surface area contributed by atoms with Gasteiger partial charge in [0, 0.05) is 12.2 Å². The van der Waals surface area contributed by atoms with Crippen molar-refractivity contribution in [1.29, 1.82) is 0 Å². The van der Waals surface area contributed by atoms with Gasteiger partial charge in [-0.2, -0.15) is 0 Å². The quantitative estimate of drug-likeness (QED) is 0.382. The SMILES string of the molecule is COc1ccc(C=CC(=O)OC(=O)C=Cc2ccc(OC)c(OC)c2)cc1OC. The fourth-order valence-electron chi connectivity index (χ4n) is 2.41. The predicted octanol–water partition coefficient (Wildman–Crippen LogP) is 3.52. The molecule has 0 aliphatic rings. The zero-order valence-electron chi connectivity index (χ0n) is 16.6. The summed E-state index contributed by atoms with van der Waals surface area (Å²) in [4.78, 5) is 23.7. The molecule has 0 bridgehead atoms.